The summed E-state index contributed by atoms with van der Waals surface area (Å²) in [5.41, 5.74) is 1.07. The number of amides is 2. The van der Waals surface area contributed by atoms with Gasteiger partial charge in [0.25, 0.3) is 5.91 Å². The number of carbonyl (C=O) groups excluding carboxylic acids is 2. The molecule has 9 heteroatoms. The monoisotopic (exact) mass is 461 g/mol. The number of nitrogens with zero attached hydrogens (tertiary/aromatic N) is 4. The van der Waals surface area contributed by atoms with Crippen LogP contribution in [0.1, 0.15) is 29.6 Å². The predicted molar refractivity (Wildman–Crippen MR) is 124 cm³/mol. The fraction of sp³-hybridized carbons (Fsp3) is 0.280. The molecule has 2 aliphatic rings. The molecule has 2 aromatic carbocycles. The minimum absolute atomic E-state index is 0.0824. The van der Waals surface area contributed by atoms with Crippen LogP contribution < -0.4 is 10.2 Å². The molecule has 8 nitrogen and oxygen atoms in total. The highest BCUT2D eigenvalue weighted by Crippen LogP contribution is 2.36. The molecule has 2 fully saturated rings. The highest BCUT2D eigenvalue weighted by molar-refractivity contribution is 5.95. The summed E-state index contributed by atoms with van der Waals surface area (Å²) in [6.45, 7) is 1.37. The third kappa shape index (κ3) is 4.54. The van der Waals surface area contributed by atoms with Crippen LogP contribution in [0.25, 0.3) is 0 Å². The van der Waals surface area contributed by atoms with Crippen LogP contribution in [0.3, 0.4) is 0 Å². The molecule has 34 heavy (non-hydrogen) atoms. The van der Waals surface area contributed by atoms with Crippen LogP contribution in [0.4, 0.5) is 26.5 Å². The Morgan fingerprint density at radius 1 is 1.03 bits per heavy atom. The van der Waals surface area contributed by atoms with Gasteiger partial charge in [0.1, 0.15) is 11.4 Å². The van der Waals surface area contributed by atoms with E-state index in [9.17, 15) is 14.0 Å². The van der Waals surface area contributed by atoms with Gasteiger partial charge in [0, 0.05) is 43.2 Å². The second-order valence-electron chi connectivity index (χ2n) is 8.54. The van der Waals surface area contributed by atoms with Gasteiger partial charge in [-0.25, -0.2) is 19.2 Å². The van der Waals surface area contributed by atoms with E-state index in [-0.39, 0.29) is 5.91 Å². The van der Waals surface area contributed by atoms with E-state index in [1.165, 1.54) is 17.0 Å². The normalized spacial score (nSPS) is 20.2. The maximum Gasteiger partial charge on any atom is 0.415 e. The number of hydrogen-bond acceptors (Lipinski definition) is 6. The number of carbonyl (C=O) groups is 2. The Bertz CT molecular complexity index is 1210. The topological polar surface area (TPSA) is 87.7 Å². The summed E-state index contributed by atoms with van der Waals surface area (Å²) in [5.74, 6) is -0.0323. The minimum atomic E-state index is -0.688. The van der Waals surface area contributed by atoms with E-state index < -0.39 is 17.5 Å². The van der Waals surface area contributed by atoms with Crippen molar-refractivity contribution in [1.82, 2.24) is 14.9 Å². The maximum atomic E-state index is 13.7. The van der Waals surface area contributed by atoms with Crippen molar-refractivity contribution < 1.29 is 18.7 Å². The third-order valence-corrected chi connectivity index (χ3v) is 6.21. The van der Waals surface area contributed by atoms with Gasteiger partial charge in [0.2, 0.25) is 5.95 Å². The first-order valence-electron chi connectivity index (χ1n) is 11.2. The van der Waals surface area contributed by atoms with E-state index in [4.69, 9.17) is 4.74 Å². The first-order valence-corrected chi connectivity index (χ1v) is 11.2. The van der Waals surface area contributed by atoms with Crippen molar-refractivity contribution in [3.63, 3.8) is 0 Å². The predicted octanol–water partition coefficient (Wildman–Crippen LogP) is 4.38. The molecule has 5 rings (SSSR count). The highest BCUT2D eigenvalue weighted by atomic mass is 19.1. The van der Waals surface area contributed by atoms with Gasteiger partial charge in [-0.15, -0.1) is 0 Å². The fourth-order valence-corrected chi connectivity index (χ4v) is 4.50. The molecule has 0 bridgehead atoms. The summed E-state index contributed by atoms with van der Waals surface area (Å²) < 4.78 is 19.5. The Labute approximate surface area is 196 Å². The molecule has 2 amide bonds. The molecule has 1 atom stereocenters. The number of aromatic nitrogens is 2. The van der Waals surface area contributed by atoms with E-state index in [0.29, 0.717) is 56.1 Å². The van der Waals surface area contributed by atoms with Crippen LogP contribution in [0.15, 0.2) is 67.0 Å². The van der Waals surface area contributed by atoms with E-state index in [2.05, 4.69) is 15.3 Å². The Hall–Kier alpha value is -4.01. The van der Waals surface area contributed by atoms with Crippen LogP contribution in [0.5, 0.6) is 0 Å². The average Bonchev–Trinajstić information content (AvgIpc) is 3.03. The molecule has 0 aliphatic carbocycles. The summed E-state index contributed by atoms with van der Waals surface area (Å²) in [5, 5.41) is 3.10. The molecule has 1 aromatic heterocycles. The standard InChI is InChI=1S/C25H24FN5O3/c26-19-6-2-8-21(16-19)31-17-25(34-24(31)33)9-3-13-30(14-10-25)22(32)18-5-1-7-20(15-18)29-23-27-11-4-12-28-23/h1-2,4-8,11-12,15-16H,3,9-10,13-14,17H2,(H,27,28,29). The minimum Gasteiger partial charge on any atom is -0.441 e. The molecule has 0 saturated carbocycles. The number of hydrogen-bond donors (Lipinski definition) is 1. The lowest BCUT2D eigenvalue weighted by molar-refractivity contribution is 0.0438. The fourth-order valence-electron chi connectivity index (χ4n) is 4.50. The summed E-state index contributed by atoms with van der Waals surface area (Å²) in [6.07, 6.45) is 4.66. The summed E-state index contributed by atoms with van der Waals surface area (Å²) in [4.78, 5) is 37.4. The number of anilines is 3. The smallest absolute Gasteiger partial charge is 0.415 e. The van der Waals surface area contributed by atoms with Gasteiger partial charge in [0.05, 0.1) is 12.2 Å². The highest BCUT2D eigenvalue weighted by Gasteiger charge is 2.46. The van der Waals surface area contributed by atoms with E-state index >= 15 is 0 Å². The second kappa shape index (κ2) is 9.09. The lowest BCUT2D eigenvalue weighted by atomic mass is 9.95. The Kier molecular flexibility index (Phi) is 5.83. The largest absolute Gasteiger partial charge is 0.441 e. The average molecular weight is 461 g/mol. The van der Waals surface area contributed by atoms with Crippen molar-refractivity contribution in [2.75, 3.05) is 29.9 Å². The summed E-state index contributed by atoms with van der Waals surface area (Å²) in [6, 6.07) is 14.9. The lowest BCUT2D eigenvalue weighted by Gasteiger charge is -2.25. The quantitative estimate of drug-likeness (QED) is 0.620. The van der Waals surface area contributed by atoms with Crippen molar-refractivity contribution >= 4 is 29.3 Å². The maximum absolute atomic E-state index is 13.7. The van der Waals surface area contributed by atoms with Gasteiger partial charge in [-0.3, -0.25) is 9.69 Å². The van der Waals surface area contributed by atoms with E-state index in [1.54, 1.807) is 47.6 Å². The van der Waals surface area contributed by atoms with Gasteiger partial charge in [0.15, 0.2) is 0 Å². The Balaban J connectivity index is 1.27. The Morgan fingerprint density at radius 3 is 2.68 bits per heavy atom. The molecule has 2 aliphatic heterocycles. The SMILES string of the molecule is O=C(c1cccc(Nc2ncccn2)c1)N1CCCC2(CC1)CN(c1cccc(F)c1)C(=O)O2. The second-order valence-corrected chi connectivity index (χ2v) is 8.54. The van der Waals surface area contributed by atoms with E-state index in [0.717, 1.165) is 5.69 Å². The first kappa shape index (κ1) is 21.8. The molecule has 1 unspecified atom stereocenters. The molecule has 1 spiro atoms. The Morgan fingerprint density at radius 2 is 1.85 bits per heavy atom. The molecule has 1 N–H and O–H groups in total. The molecule has 174 valence electrons. The van der Waals surface area contributed by atoms with Crippen molar-refractivity contribution in [2.24, 2.45) is 0 Å². The zero-order valence-electron chi connectivity index (χ0n) is 18.5. The molecule has 3 heterocycles. The number of benzene rings is 2. The van der Waals surface area contributed by atoms with Gasteiger partial charge >= 0.3 is 6.09 Å². The van der Waals surface area contributed by atoms with Crippen molar-refractivity contribution in [3.05, 3.63) is 78.4 Å². The summed E-state index contributed by atoms with van der Waals surface area (Å²) in [7, 11) is 0. The number of halogens is 1. The number of rotatable bonds is 4. The van der Waals surface area contributed by atoms with Crippen molar-refractivity contribution in [1.29, 1.82) is 0 Å². The zero-order valence-corrected chi connectivity index (χ0v) is 18.5. The van der Waals surface area contributed by atoms with Crippen LogP contribution in [0.2, 0.25) is 0 Å². The molecule has 0 radical (unpaired) electrons. The first-order chi connectivity index (χ1) is 16.5. The summed E-state index contributed by atoms with van der Waals surface area (Å²) >= 11 is 0. The van der Waals surface area contributed by atoms with E-state index in [1.807, 2.05) is 12.1 Å². The lowest BCUT2D eigenvalue weighted by Crippen LogP contribution is -2.37. The van der Waals surface area contributed by atoms with Gasteiger partial charge in [-0.1, -0.05) is 12.1 Å². The van der Waals surface area contributed by atoms with Crippen LogP contribution in [-0.4, -0.2) is 52.1 Å². The van der Waals surface area contributed by atoms with Gasteiger partial charge in [-0.2, -0.15) is 0 Å². The van der Waals surface area contributed by atoms with Gasteiger partial charge in [-0.05, 0) is 55.3 Å². The number of nitrogens with one attached hydrogen (secondary N) is 1. The zero-order chi connectivity index (χ0) is 23.5. The molecule has 3 aromatic rings. The molecule has 2 saturated heterocycles. The third-order valence-electron chi connectivity index (χ3n) is 6.21. The molecular weight excluding hydrogens is 437 g/mol. The van der Waals surface area contributed by atoms with Crippen LogP contribution in [0, 0.1) is 5.82 Å². The van der Waals surface area contributed by atoms with Crippen LogP contribution in [-0.2, 0) is 4.74 Å². The van der Waals surface area contributed by atoms with Gasteiger partial charge < -0.3 is 15.0 Å². The molecular formula is C25H24FN5O3. The van der Waals surface area contributed by atoms with Crippen molar-refractivity contribution in [3.8, 4) is 0 Å². The van der Waals surface area contributed by atoms with Crippen LogP contribution >= 0.6 is 0 Å². The van der Waals surface area contributed by atoms with Crippen molar-refractivity contribution in [2.45, 2.75) is 24.9 Å². The number of likely N-dealkylation sites (tertiary alicyclic amines) is 1. The number of ether oxygens (including phenoxy) is 1.